The van der Waals surface area contributed by atoms with Gasteiger partial charge in [-0.3, -0.25) is 4.79 Å². The number of H-pyrrole nitrogens is 1. The van der Waals surface area contributed by atoms with Crippen LogP contribution in [0.25, 0.3) is 22.4 Å². The zero-order valence-electron chi connectivity index (χ0n) is 14.9. The predicted molar refractivity (Wildman–Crippen MR) is 108 cm³/mol. The number of amides is 1. The van der Waals surface area contributed by atoms with Crippen molar-refractivity contribution in [3.8, 4) is 11.4 Å². The maximum absolute atomic E-state index is 12.7. The molecule has 0 unspecified atom stereocenters. The lowest BCUT2D eigenvalue weighted by Crippen LogP contribution is -2.14. The van der Waals surface area contributed by atoms with Crippen LogP contribution in [-0.4, -0.2) is 20.9 Å². The monoisotopic (exact) mass is 376 g/mol. The third kappa shape index (κ3) is 3.29. The molecule has 4 aromatic rings. The van der Waals surface area contributed by atoms with Gasteiger partial charge in [-0.25, -0.2) is 9.97 Å². The van der Waals surface area contributed by atoms with E-state index < -0.39 is 0 Å². The number of aromatic amines is 1. The SMILES string of the molecule is Cc1[nH]c2nc(-c3ccccc3)nc(NC(=O)c3cccc(Cl)c3)c2c1C. The van der Waals surface area contributed by atoms with Gasteiger partial charge in [0.1, 0.15) is 11.5 Å². The van der Waals surface area contributed by atoms with Gasteiger partial charge in [-0.15, -0.1) is 0 Å². The van der Waals surface area contributed by atoms with Crippen molar-refractivity contribution in [3.05, 3.63) is 76.4 Å². The first kappa shape index (κ1) is 17.2. The van der Waals surface area contributed by atoms with Crippen molar-refractivity contribution in [2.75, 3.05) is 5.32 Å². The van der Waals surface area contributed by atoms with Crippen LogP contribution in [0.2, 0.25) is 5.02 Å². The molecule has 0 atom stereocenters. The molecule has 2 heterocycles. The average molecular weight is 377 g/mol. The Morgan fingerprint density at radius 1 is 1.04 bits per heavy atom. The number of hydrogen-bond donors (Lipinski definition) is 2. The second-order valence-corrected chi connectivity index (χ2v) is 6.76. The second-order valence-electron chi connectivity index (χ2n) is 6.32. The largest absolute Gasteiger partial charge is 0.343 e. The van der Waals surface area contributed by atoms with Crippen molar-refractivity contribution in [1.29, 1.82) is 0 Å². The minimum atomic E-state index is -0.269. The van der Waals surface area contributed by atoms with Gasteiger partial charge in [0.2, 0.25) is 0 Å². The molecule has 0 aliphatic carbocycles. The molecular weight excluding hydrogens is 360 g/mol. The van der Waals surface area contributed by atoms with Gasteiger partial charge in [-0.1, -0.05) is 48.0 Å². The van der Waals surface area contributed by atoms with E-state index in [2.05, 4.69) is 20.3 Å². The van der Waals surface area contributed by atoms with Crippen LogP contribution in [0, 0.1) is 13.8 Å². The highest BCUT2D eigenvalue weighted by Gasteiger charge is 2.17. The molecule has 5 nitrogen and oxygen atoms in total. The number of aryl methyl sites for hydroxylation is 2. The Balaban J connectivity index is 1.84. The Bertz CT molecular complexity index is 1150. The number of hydrogen-bond acceptors (Lipinski definition) is 3. The topological polar surface area (TPSA) is 70.7 Å². The molecule has 1 amide bonds. The lowest BCUT2D eigenvalue weighted by Gasteiger charge is -2.09. The quantitative estimate of drug-likeness (QED) is 0.519. The summed E-state index contributed by atoms with van der Waals surface area (Å²) >= 11 is 6.01. The fourth-order valence-corrected chi connectivity index (χ4v) is 3.17. The van der Waals surface area contributed by atoms with E-state index in [9.17, 15) is 4.79 Å². The van der Waals surface area contributed by atoms with E-state index in [0.29, 0.717) is 27.9 Å². The Morgan fingerprint density at radius 3 is 2.56 bits per heavy atom. The minimum absolute atomic E-state index is 0.269. The smallest absolute Gasteiger partial charge is 0.256 e. The Kier molecular flexibility index (Phi) is 4.38. The molecule has 0 spiro atoms. The van der Waals surface area contributed by atoms with Crippen LogP contribution < -0.4 is 5.32 Å². The number of nitrogens with one attached hydrogen (secondary N) is 2. The second kappa shape index (κ2) is 6.85. The van der Waals surface area contributed by atoms with Crippen molar-refractivity contribution in [2.24, 2.45) is 0 Å². The molecule has 134 valence electrons. The first-order valence-corrected chi connectivity index (χ1v) is 8.90. The van der Waals surface area contributed by atoms with Crippen LogP contribution in [0.4, 0.5) is 5.82 Å². The molecule has 0 aliphatic rings. The normalized spacial score (nSPS) is 10.9. The standard InChI is InChI=1S/C21H17ClN4O/c1-12-13(2)23-19-17(12)20(25-18(24-19)14-7-4-3-5-8-14)26-21(27)15-9-6-10-16(22)11-15/h3-11H,1-2H3,(H2,23,24,25,26,27). The lowest BCUT2D eigenvalue weighted by molar-refractivity contribution is 0.102. The molecule has 4 rings (SSSR count). The predicted octanol–water partition coefficient (Wildman–Crippen LogP) is 5.15. The van der Waals surface area contributed by atoms with Gasteiger partial charge in [-0.2, -0.15) is 0 Å². The van der Waals surface area contributed by atoms with Crippen LogP contribution in [0.3, 0.4) is 0 Å². The first-order valence-electron chi connectivity index (χ1n) is 8.52. The van der Waals surface area contributed by atoms with Crippen LogP contribution in [0.15, 0.2) is 54.6 Å². The van der Waals surface area contributed by atoms with Crippen molar-refractivity contribution in [3.63, 3.8) is 0 Å². The lowest BCUT2D eigenvalue weighted by atomic mass is 10.1. The summed E-state index contributed by atoms with van der Waals surface area (Å²) < 4.78 is 0. The molecule has 2 aromatic heterocycles. The Labute approximate surface area is 161 Å². The summed E-state index contributed by atoms with van der Waals surface area (Å²) in [4.78, 5) is 25.3. The number of carbonyl (C=O) groups is 1. The summed E-state index contributed by atoms with van der Waals surface area (Å²) in [6, 6.07) is 16.5. The van der Waals surface area contributed by atoms with Crippen molar-refractivity contribution in [1.82, 2.24) is 15.0 Å². The summed E-state index contributed by atoms with van der Waals surface area (Å²) in [5, 5.41) is 4.24. The van der Waals surface area contributed by atoms with Gasteiger partial charge in [0.05, 0.1) is 5.39 Å². The van der Waals surface area contributed by atoms with Gasteiger partial charge >= 0.3 is 0 Å². The van der Waals surface area contributed by atoms with E-state index in [0.717, 1.165) is 22.2 Å². The molecule has 2 N–H and O–H groups in total. The third-order valence-corrected chi connectivity index (χ3v) is 4.74. The van der Waals surface area contributed by atoms with E-state index in [1.165, 1.54) is 0 Å². The van der Waals surface area contributed by atoms with Gasteiger partial charge in [-0.05, 0) is 37.6 Å². The molecule has 0 saturated carbocycles. The van der Waals surface area contributed by atoms with E-state index in [-0.39, 0.29) is 5.91 Å². The molecule has 0 radical (unpaired) electrons. The number of halogens is 1. The summed E-state index contributed by atoms with van der Waals surface area (Å²) in [5.41, 5.74) is 4.04. The van der Waals surface area contributed by atoms with E-state index in [1.54, 1.807) is 24.3 Å². The molecule has 27 heavy (non-hydrogen) atoms. The molecule has 0 saturated heterocycles. The van der Waals surface area contributed by atoms with Crippen LogP contribution >= 0.6 is 11.6 Å². The maximum Gasteiger partial charge on any atom is 0.256 e. The zero-order chi connectivity index (χ0) is 19.0. The number of carbonyl (C=O) groups excluding carboxylic acids is 1. The van der Waals surface area contributed by atoms with Crippen molar-refractivity contribution in [2.45, 2.75) is 13.8 Å². The van der Waals surface area contributed by atoms with Gasteiger partial charge < -0.3 is 10.3 Å². The van der Waals surface area contributed by atoms with E-state index in [1.807, 2.05) is 44.2 Å². The number of nitrogens with zero attached hydrogens (tertiary/aromatic N) is 2. The number of benzene rings is 2. The molecule has 0 fully saturated rings. The zero-order valence-corrected chi connectivity index (χ0v) is 15.6. The molecule has 6 heteroatoms. The fourth-order valence-electron chi connectivity index (χ4n) is 2.98. The van der Waals surface area contributed by atoms with Crippen LogP contribution in [0.1, 0.15) is 21.6 Å². The highest BCUT2D eigenvalue weighted by molar-refractivity contribution is 6.31. The first-order chi connectivity index (χ1) is 13.0. The van der Waals surface area contributed by atoms with E-state index >= 15 is 0 Å². The van der Waals surface area contributed by atoms with Crippen LogP contribution in [0.5, 0.6) is 0 Å². The molecule has 0 aliphatic heterocycles. The summed E-state index contributed by atoms with van der Waals surface area (Å²) in [5.74, 6) is 0.756. The maximum atomic E-state index is 12.7. The van der Waals surface area contributed by atoms with Gasteiger partial charge in [0.15, 0.2) is 5.82 Å². The molecule has 2 aromatic carbocycles. The third-order valence-electron chi connectivity index (χ3n) is 4.50. The summed E-state index contributed by atoms with van der Waals surface area (Å²) in [7, 11) is 0. The highest BCUT2D eigenvalue weighted by Crippen LogP contribution is 2.29. The van der Waals surface area contributed by atoms with Gasteiger partial charge in [0, 0.05) is 21.8 Å². The number of rotatable bonds is 3. The summed E-state index contributed by atoms with van der Waals surface area (Å²) in [6.45, 7) is 3.95. The van der Waals surface area contributed by atoms with E-state index in [4.69, 9.17) is 11.6 Å². The number of anilines is 1. The number of fused-ring (bicyclic) bond motifs is 1. The Hall–Kier alpha value is -3.18. The minimum Gasteiger partial charge on any atom is -0.343 e. The molecular formula is C21H17ClN4O. The highest BCUT2D eigenvalue weighted by atomic mass is 35.5. The van der Waals surface area contributed by atoms with Gasteiger partial charge in [0.25, 0.3) is 5.91 Å². The summed E-state index contributed by atoms with van der Waals surface area (Å²) in [6.07, 6.45) is 0. The Morgan fingerprint density at radius 2 is 1.81 bits per heavy atom. The van der Waals surface area contributed by atoms with Crippen molar-refractivity contribution < 1.29 is 4.79 Å². The van der Waals surface area contributed by atoms with Crippen LogP contribution in [-0.2, 0) is 0 Å². The van der Waals surface area contributed by atoms with Crippen molar-refractivity contribution >= 4 is 34.4 Å². The average Bonchev–Trinajstić information content (AvgIpc) is 2.96. The molecule has 0 bridgehead atoms. The number of aromatic nitrogens is 3. The fraction of sp³-hybridized carbons (Fsp3) is 0.0952.